The summed E-state index contributed by atoms with van der Waals surface area (Å²) in [6.07, 6.45) is 0. The number of aryl methyl sites for hydroxylation is 1. The van der Waals surface area contributed by atoms with E-state index in [1.54, 1.807) is 19.1 Å². The highest BCUT2D eigenvalue weighted by atomic mass is 32.2. The van der Waals surface area contributed by atoms with Gasteiger partial charge in [0.2, 0.25) is 15.9 Å². The van der Waals surface area contributed by atoms with Crippen LogP contribution < -0.4 is 16.2 Å². The molecule has 0 bridgehead atoms. The zero-order chi connectivity index (χ0) is 13.9. The predicted octanol–water partition coefficient (Wildman–Crippen LogP) is -0.394. The van der Waals surface area contributed by atoms with Crippen LogP contribution in [0.1, 0.15) is 18.1 Å². The SMILES string of the molecule is Cc1cc(CN)ccc1S(=O)(=O)NC(C)C(N)=O. The standard InChI is InChI=1S/C11H17N3O3S/c1-7-5-9(6-12)3-4-10(7)18(16,17)14-8(2)11(13)15/h3-5,8,14H,6,12H2,1-2H3,(H2,13,15). The Hall–Kier alpha value is -1.44. The summed E-state index contributed by atoms with van der Waals surface area (Å²) in [4.78, 5) is 11.0. The fourth-order valence-electron chi connectivity index (χ4n) is 1.49. The summed E-state index contributed by atoms with van der Waals surface area (Å²) in [5.74, 6) is -0.727. The minimum absolute atomic E-state index is 0.118. The molecule has 1 aromatic rings. The van der Waals surface area contributed by atoms with Crippen LogP contribution in [0.2, 0.25) is 0 Å². The minimum atomic E-state index is -3.75. The molecule has 0 fully saturated rings. The second-order valence-electron chi connectivity index (χ2n) is 4.05. The topological polar surface area (TPSA) is 115 Å². The van der Waals surface area contributed by atoms with Crippen molar-refractivity contribution in [3.8, 4) is 0 Å². The first-order valence-electron chi connectivity index (χ1n) is 5.39. The number of hydrogen-bond donors (Lipinski definition) is 3. The number of carbonyl (C=O) groups is 1. The van der Waals surface area contributed by atoms with Gasteiger partial charge in [-0.25, -0.2) is 8.42 Å². The fourth-order valence-corrected chi connectivity index (χ4v) is 2.93. The molecule has 0 aliphatic rings. The van der Waals surface area contributed by atoms with Crippen LogP contribution >= 0.6 is 0 Å². The van der Waals surface area contributed by atoms with Gasteiger partial charge in [0.1, 0.15) is 0 Å². The molecular formula is C11H17N3O3S. The van der Waals surface area contributed by atoms with Gasteiger partial charge in [-0.15, -0.1) is 0 Å². The van der Waals surface area contributed by atoms with Gasteiger partial charge in [-0.1, -0.05) is 12.1 Å². The van der Waals surface area contributed by atoms with Gasteiger partial charge in [-0.05, 0) is 31.0 Å². The predicted molar refractivity (Wildman–Crippen MR) is 68.0 cm³/mol. The smallest absolute Gasteiger partial charge is 0.241 e. The molecule has 0 saturated carbocycles. The largest absolute Gasteiger partial charge is 0.368 e. The number of rotatable bonds is 5. The third-order valence-corrected chi connectivity index (χ3v) is 4.22. The number of benzene rings is 1. The maximum atomic E-state index is 12.0. The van der Waals surface area contributed by atoms with Crippen molar-refractivity contribution < 1.29 is 13.2 Å². The highest BCUT2D eigenvalue weighted by molar-refractivity contribution is 7.89. The van der Waals surface area contributed by atoms with Crippen LogP contribution in [-0.4, -0.2) is 20.4 Å². The van der Waals surface area contributed by atoms with Crippen LogP contribution in [0.15, 0.2) is 23.1 Å². The van der Waals surface area contributed by atoms with Gasteiger partial charge >= 0.3 is 0 Å². The molecule has 0 aliphatic carbocycles. The Bertz CT molecular complexity index is 555. The van der Waals surface area contributed by atoms with Gasteiger partial charge < -0.3 is 11.5 Å². The van der Waals surface area contributed by atoms with E-state index < -0.39 is 22.0 Å². The molecule has 0 spiro atoms. The Kier molecular flexibility index (Phi) is 4.44. The van der Waals surface area contributed by atoms with E-state index in [0.29, 0.717) is 12.1 Å². The maximum absolute atomic E-state index is 12.0. The van der Waals surface area contributed by atoms with Crippen molar-refractivity contribution in [3.63, 3.8) is 0 Å². The zero-order valence-corrected chi connectivity index (χ0v) is 11.1. The molecule has 5 N–H and O–H groups in total. The number of hydrogen-bond acceptors (Lipinski definition) is 4. The van der Waals surface area contributed by atoms with Gasteiger partial charge in [0.25, 0.3) is 0 Å². The maximum Gasteiger partial charge on any atom is 0.241 e. The Balaban J connectivity index is 3.09. The first-order valence-corrected chi connectivity index (χ1v) is 6.87. The second kappa shape index (κ2) is 5.47. The van der Waals surface area contributed by atoms with E-state index in [1.807, 2.05) is 0 Å². The highest BCUT2D eigenvalue weighted by Gasteiger charge is 2.21. The number of nitrogens with one attached hydrogen (secondary N) is 1. The lowest BCUT2D eigenvalue weighted by Crippen LogP contribution is -2.42. The Morgan fingerprint density at radius 1 is 1.44 bits per heavy atom. The highest BCUT2D eigenvalue weighted by Crippen LogP contribution is 2.16. The van der Waals surface area contributed by atoms with Crippen LogP contribution in [0.5, 0.6) is 0 Å². The van der Waals surface area contributed by atoms with Crippen molar-refractivity contribution in [2.75, 3.05) is 0 Å². The molecule has 6 nitrogen and oxygen atoms in total. The van der Waals surface area contributed by atoms with Crippen LogP contribution in [-0.2, 0) is 21.4 Å². The lowest BCUT2D eigenvalue weighted by Gasteiger charge is -2.13. The van der Waals surface area contributed by atoms with E-state index in [2.05, 4.69) is 4.72 Å². The quantitative estimate of drug-likeness (QED) is 0.676. The van der Waals surface area contributed by atoms with E-state index in [9.17, 15) is 13.2 Å². The number of sulfonamides is 1. The second-order valence-corrected chi connectivity index (χ2v) is 5.73. The molecule has 100 valence electrons. The molecule has 1 rings (SSSR count). The van der Waals surface area contributed by atoms with Crippen LogP contribution in [0, 0.1) is 6.92 Å². The minimum Gasteiger partial charge on any atom is -0.368 e. The molecule has 1 unspecified atom stereocenters. The van der Waals surface area contributed by atoms with E-state index in [1.165, 1.54) is 13.0 Å². The summed E-state index contributed by atoms with van der Waals surface area (Å²) in [5.41, 5.74) is 11.9. The van der Waals surface area contributed by atoms with Crippen LogP contribution in [0.25, 0.3) is 0 Å². The molecule has 1 amide bonds. The molecule has 1 aromatic carbocycles. The molecule has 18 heavy (non-hydrogen) atoms. The first-order chi connectivity index (χ1) is 8.27. The summed E-state index contributed by atoms with van der Waals surface area (Å²) in [6, 6.07) is 3.84. The van der Waals surface area contributed by atoms with Crippen molar-refractivity contribution >= 4 is 15.9 Å². The first kappa shape index (κ1) is 14.6. The zero-order valence-electron chi connectivity index (χ0n) is 10.3. The lowest BCUT2D eigenvalue weighted by molar-refractivity contribution is -0.119. The van der Waals surface area contributed by atoms with Crippen molar-refractivity contribution in [1.29, 1.82) is 0 Å². The van der Waals surface area contributed by atoms with Gasteiger partial charge in [0.05, 0.1) is 10.9 Å². The Morgan fingerprint density at radius 3 is 2.50 bits per heavy atom. The lowest BCUT2D eigenvalue weighted by atomic mass is 10.1. The van der Waals surface area contributed by atoms with E-state index in [0.717, 1.165) is 5.56 Å². The van der Waals surface area contributed by atoms with E-state index in [-0.39, 0.29) is 4.90 Å². The molecule has 1 atom stereocenters. The molecule has 0 radical (unpaired) electrons. The summed E-state index contributed by atoms with van der Waals surface area (Å²) in [7, 11) is -3.75. The molecular weight excluding hydrogens is 254 g/mol. The average molecular weight is 271 g/mol. The van der Waals surface area contributed by atoms with E-state index in [4.69, 9.17) is 11.5 Å². The molecule has 0 heterocycles. The normalized spacial score (nSPS) is 13.3. The van der Waals surface area contributed by atoms with Gasteiger partial charge in [0, 0.05) is 6.54 Å². The van der Waals surface area contributed by atoms with Gasteiger partial charge in [-0.3, -0.25) is 4.79 Å². The Labute approximate surface area is 106 Å². The average Bonchev–Trinajstić information content (AvgIpc) is 2.27. The molecule has 0 aliphatic heterocycles. The summed E-state index contributed by atoms with van der Waals surface area (Å²) in [5, 5.41) is 0. The van der Waals surface area contributed by atoms with Gasteiger partial charge in [-0.2, -0.15) is 4.72 Å². The number of carbonyl (C=O) groups excluding carboxylic acids is 1. The number of primary amides is 1. The summed E-state index contributed by atoms with van der Waals surface area (Å²) in [6.45, 7) is 3.40. The molecule has 0 saturated heterocycles. The monoisotopic (exact) mass is 271 g/mol. The van der Waals surface area contributed by atoms with Crippen molar-refractivity contribution in [3.05, 3.63) is 29.3 Å². The van der Waals surface area contributed by atoms with Crippen molar-refractivity contribution in [2.24, 2.45) is 11.5 Å². The summed E-state index contributed by atoms with van der Waals surface area (Å²) < 4.78 is 26.3. The molecule has 7 heteroatoms. The third kappa shape index (κ3) is 3.28. The summed E-state index contributed by atoms with van der Waals surface area (Å²) >= 11 is 0. The van der Waals surface area contributed by atoms with Crippen molar-refractivity contribution in [2.45, 2.75) is 31.3 Å². The third-order valence-electron chi connectivity index (χ3n) is 2.52. The van der Waals surface area contributed by atoms with Crippen molar-refractivity contribution in [1.82, 2.24) is 4.72 Å². The van der Waals surface area contributed by atoms with Crippen LogP contribution in [0.3, 0.4) is 0 Å². The Morgan fingerprint density at radius 2 is 2.06 bits per heavy atom. The van der Waals surface area contributed by atoms with Crippen LogP contribution in [0.4, 0.5) is 0 Å². The van der Waals surface area contributed by atoms with Gasteiger partial charge in [0.15, 0.2) is 0 Å². The molecule has 0 aromatic heterocycles. The van der Waals surface area contributed by atoms with E-state index >= 15 is 0 Å². The number of nitrogens with two attached hydrogens (primary N) is 2. The fraction of sp³-hybridized carbons (Fsp3) is 0.364. The number of amides is 1.